The van der Waals surface area contributed by atoms with Crippen LogP contribution in [0, 0.1) is 0 Å². The Bertz CT molecular complexity index is 995. The van der Waals surface area contributed by atoms with Crippen molar-refractivity contribution in [2.75, 3.05) is 5.32 Å². The number of phenols is 1. The number of nitrogens with one attached hydrogen (secondary N) is 2. The van der Waals surface area contributed by atoms with Crippen LogP contribution in [0.1, 0.15) is 22.8 Å². The summed E-state index contributed by atoms with van der Waals surface area (Å²) >= 11 is 0. The van der Waals surface area contributed by atoms with Crippen molar-refractivity contribution in [3.05, 3.63) is 71.8 Å². The summed E-state index contributed by atoms with van der Waals surface area (Å²) in [6.07, 6.45) is 1.42. The maximum Gasteiger partial charge on any atom is 0.271 e. The van der Waals surface area contributed by atoms with E-state index in [2.05, 4.69) is 15.8 Å². The van der Waals surface area contributed by atoms with Crippen LogP contribution in [0.4, 0.5) is 5.69 Å². The first kappa shape index (κ1) is 17.2. The number of rotatable bonds is 4. The summed E-state index contributed by atoms with van der Waals surface area (Å²) in [4.78, 5) is 23.1. The topological polar surface area (TPSA) is 90.8 Å². The second-order valence-corrected chi connectivity index (χ2v) is 5.68. The van der Waals surface area contributed by atoms with Gasteiger partial charge in [0.15, 0.2) is 0 Å². The number of fused-ring (bicyclic) bond motifs is 1. The van der Waals surface area contributed by atoms with Gasteiger partial charge in [-0.3, -0.25) is 9.59 Å². The predicted octanol–water partition coefficient (Wildman–Crippen LogP) is 3.27. The highest BCUT2D eigenvalue weighted by Crippen LogP contribution is 2.25. The number of amides is 2. The van der Waals surface area contributed by atoms with E-state index in [9.17, 15) is 14.7 Å². The molecule has 0 aliphatic rings. The Labute approximate surface area is 150 Å². The van der Waals surface area contributed by atoms with Crippen molar-refractivity contribution in [3.8, 4) is 5.75 Å². The zero-order chi connectivity index (χ0) is 18.5. The van der Waals surface area contributed by atoms with Crippen LogP contribution >= 0.6 is 0 Å². The van der Waals surface area contributed by atoms with Gasteiger partial charge < -0.3 is 10.4 Å². The number of anilines is 1. The first-order chi connectivity index (χ1) is 12.5. The van der Waals surface area contributed by atoms with Crippen molar-refractivity contribution >= 4 is 34.5 Å². The molecule has 0 aromatic heterocycles. The van der Waals surface area contributed by atoms with E-state index in [4.69, 9.17) is 0 Å². The molecule has 0 radical (unpaired) electrons. The lowest BCUT2D eigenvalue weighted by molar-refractivity contribution is -0.114. The number of carbonyl (C=O) groups excluding carboxylic acids is 2. The Morgan fingerprint density at radius 3 is 2.46 bits per heavy atom. The average Bonchev–Trinajstić information content (AvgIpc) is 2.63. The molecule has 26 heavy (non-hydrogen) atoms. The molecule has 0 spiro atoms. The third kappa shape index (κ3) is 3.87. The van der Waals surface area contributed by atoms with Gasteiger partial charge in [-0.05, 0) is 41.1 Å². The summed E-state index contributed by atoms with van der Waals surface area (Å²) in [7, 11) is 0. The van der Waals surface area contributed by atoms with Crippen LogP contribution in [0.25, 0.3) is 10.8 Å². The van der Waals surface area contributed by atoms with Crippen molar-refractivity contribution in [1.82, 2.24) is 5.43 Å². The minimum atomic E-state index is -0.393. The van der Waals surface area contributed by atoms with Gasteiger partial charge in [0.05, 0.1) is 6.21 Å². The monoisotopic (exact) mass is 347 g/mol. The zero-order valence-electron chi connectivity index (χ0n) is 14.1. The van der Waals surface area contributed by atoms with Gasteiger partial charge in [-0.25, -0.2) is 5.43 Å². The van der Waals surface area contributed by atoms with Gasteiger partial charge in [0.25, 0.3) is 5.91 Å². The number of nitrogens with zero attached hydrogens (tertiary/aromatic N) is 1. The Kier molecular flexibility index (Phi) is 4.94. The van der Waals surface area contributed by atoms with Gasteiger partial charge in [-0.15, -0.1) is 0 Å². The van der Waals surface area contributed by atoms with Gasteiger partial charge in [-0.1, -0.05) is 30.3 Å². The summed E-state index contributed by atoms with van der Waals surface area (Å²) in [5.74, 6) is -0.488. The standard InChI is InChI=1S/C20H17N3O3/c1-13(24)22-16-9-6-15(7-10-16)20(26)23-21-12-18-17-5-3-2-4-14(17)8-11-19(18)25/h2-12,25H,1H3,(H,22,24)(H,23,26)/b21-12+. The second-order valence-electron chi connectivity index (χ2n) is 5.68. The number of carbonyl (C=O) groups is 2. The van der Waals surface area contributed by atoms with E-state index in [0.717, 1.165) is 10.8 Å². The van der Waals surface area contributed by atoms with Crippen molar-refractivity contribution in [2.45, 2.75) is 6.92 Å². The Morgan fingerprint density at radius 1 is 1.00 bits per heavy atom. The number of benzene rings is 3. The molecule has 0 aliphatic heterocycles. The van der Waals surface area contributed by atoms with Gasteiger partial charge in [-0.2, -0.15) is 5.10 Å². The lowest BCUT2D eigenvalue weighted by atomic mass is 10.0. The number of aromatic hydroxyl groups is 1. The molecule has 0 saturated heterocycles. The van der Waals surface area contributed by atoms with E-state index in [1.54, 1.807) is 30.3 Å². The quantitative estimate of drug-likeness (QED) is 0.500. The van der Waals surface area contributed by atoms with Crippen LogP contribution in [0.15, 0.2) is 65.8 Å². The van der Waals surface area contributed by atoms with E-state index < -0.39 is 5.91 Å². The molecule has 0 saturated carbocycles. The summed E-state index contributed by atoms with van der Waals surface area (Å²) in [5, 5.41) is 18.4. The summed E-state index contributed by atoms with van der Waals surface area (Å²) in [6.45, 7) is 1.41. The minimum absolute atomic E-state index is 0.0846. The number of hydrazone groups is 1. The maximum atomic E-state index is 12.1. The molecule has 3 aromatic carbocycles. The molecule has 0 fully saturated rings. The summed E-state index contributed by atoms with van der Waals surface area (Å²) in [6, 6.07) is 17.4. The fourth-order valence-electron chi connectivity index (χ4n) is 2.55. The number of phenolic OH excluding ortho intramolecular Hbond substituents is 1. The molecule has 6 heteroatoms. The van der Waals surface area contributed by atoms with E-state index in [1.165, 1.54) is 13.1 Å². The highest BCUT2D eigenvalue weighted by atomic mass is 16.3. The first-order valence-electron chi connectivity index (χ1n) is 7.96. The Morgan fingerprint density at radius 2 is 1.73 bits per heavy atom. The molecule has 3 aromatic rings. The molecule has 2 amide bonds. The Balaban J connectivity index is 1.73. The van der Waals surface area contributed by atoms with Crippen LogP contribution in [-0.4, -0.2) is 23.1 Å². The molecular weight excluding hydrogens is 330 g/mol. The van der Waals surface area contributed by atoms with Gasteiger partial charge in [0, 0.05) is 23.7 Å². The summed E-state index contributed by atoms with van der Waals surface area (Å²) < 4.78 is 0. The van der Waals surface area contributed by atoms with E-state index >= 15 is 0 Å². The molecule has 6 nitrogen and oxygen atoms in total. The number of hydrogen-bond donors (Lipinski definition) is 3. The van der Waals surface area contributed by atoms with Crippen LogP contribution in [0.3, 0.4) is 0 Å². The molecule has 3 N–H and O–H groups in total. The fraction of sp³-hybridized carbons (Fsp3) is 0.0500. The van der Waals surface area contributed by atoms with Crippen LogP contribution in [-0.2, 0) is 4.79 Å². The number of hydrogen-bond acceptors (Lipinski definition) is 4. The summed E-state index contributed by atoms with van der Waals surface area (Å²) in [5.41, 5.74) is 3.97. The van der Waals surface area contributed by atoms with Crippen LogP contribution in [0.5, 0.6) is 5.75 Å². The second kappa shape index (κ2) is 7.48. The highest BCUT2D eigenvalue weighted by Gasteiger charge is 2.06. The molecule has 0 aliphatic carbocycles. The predicted molar refractivity (Wildman–Crippen MR) is 101 cm³/mol. The fourth-order valence-corrected chi connectivity index (χ4v) is 2.55. The molecule has 3 rings (SSSR count). The molecule has 0 atom stereocenters. The maximum absolute atomic E-state index is 12.1. The van der Waals surface area contributed by atoms with Crippen molar-refractivity contribution in [3.63, 3.8) is 0 Å². The van der Waals surface area contributed by atoms with Crippen LogP contribution < -0.4 is 10.7 Å². The normalized spacial score (nSPS) is 10.8. The minimum Gasteiger partial charge on any atom is -0.507 e. The smallest absolute Gasteiger partial charge is 0.271 e. The van der Waals surface area contributed by atoms with E-state index in [1.807, 2.05) is 30.3 Å². The van der Waals surface area contributed by atoms with Gasteiger partial charge >= 0.3 is 0 Å². The zero-order valence-corrected chi connectivity index (χ0v) is 14.1. The SMILES string of the molecule is CC(=O)Nc1ccc(C(=O)N/N=C/c2c(O)ccc3ccccc23)cc1. The molecular formula is C20H17N3O3. The van der Waals surface area contributed by atoms with Crippen molar-refractivity contribution in [1.29, 1.82) is 0 Å². The molecule has 130 valence electrons. The van der Waals surface area contributed by atoms with Gasteiger partial charge in [0.2, 0.25) is 5.91 Å². The molecule has 0 unspecified atom stereocenters. The van der Waals surface area contributed by atoms with Crippen molar-refractivity contribution < 1.29 is 14.7 Å². The average molecular weight is 347 g/mol. The third-order valence-electron chi connectivity index (χ3n) is 3.77. The van der Waals surface area contributed by atoms with Gasteiger partial charge in [0.1, 0.15) is 5.75 Å². The lowest BCUT2D eigenvalue weighted by Crippen LogP contribution is -2.17. The van der Waals surface area contributed by atoms with E-state index in [-0.39, 0.29) is 11.7 Å². The van der Waals surface area contributed by atoms with Crippen molar-refractivity contribution in [2.24, 2.45) is 5.10 Å². The Hall–Kier alpha value is -3.67. The van der Waals surface area contributed by atoms with E-state index in [0.29, 0.717) is 16.8 Å². The first-order valence-corrected chi connectivity index (χ1v) is 7.96. The molecule has 0 heterocycles. The van der Waals surface area contributed by atoms with Crippen LogP contribution in [0.2, 0.25) is 0 Å². The highest BCUT2D eigenvalue weighted by molar-refractivity contribution is 6.03. The largest absolute Gasteiger partial charge is 0.507 e. The lowest BCUT2D eigenvalue weighted by Gasteiger charge is -2.05. The third-order valence-corrected chi connectivity index (χ3v) is 3.77. The molecule has 0 bridgehead atoms.